The normalized spacial score (nSPS) is 13.4. The van der Waals surface area contributed by atoms with Crippen LogP contribution in [0.3, 0.4) is 0 Å². The van der Waals surface area contributed by atoms with Gasteiger partial charge in [-0.1, -0.05) is 35.3 Å². The highest BCUT2D eigenvalue weighted by Gasteiger charge is 2.40. The number of hydrogen-bond donors (Lipinski definition) is 1. The maximum Gasteiger partial charge on any atom is 0.417 e. The smallest absolute Gasteiger partial charge is 0.347 e. The zero-order chi connectivity index (χ0) is 26.7. The summed E-state index contributed by atoms with van der Waals surface area (Å²) in [5, 5.41) is 2.17. The maximum absolute atomic E-state index is 14.9. The Kier molecular flexibility index (Phi) is 8.25. The quantitative estimate of drug-likeness (QED) is 0.241. The van der Waals surface area contributed by atoms with Crippen LogP contribution in [0.25, 0.3) is 5.83 Å². The van der Waals surface area contributed by atoms with Crippen LogP contribution >= 0.6 is 23.2 Å². The van der Waals surface area contributed by atoms with Crippen LogP contribution in [-0.4, -0.2) is 28.5 Å². The van der Waals surface area contributed by atoms with E-state index in [0.29, 0.717) is 6.07 Å². The second kappa shape index (κ2) is 10.8. The molecule has 1 unspecified atom stereocenters. The van der Waals surface area contributed by atoms with Crippen molar-refractivity contribution in [2.24, 2.45) is 0 Å². The van der Waals surface area contributed by atoms with Crippen LogP contribution in [0.2, 0.25) is 10.0 Å². The highest BCUT2D eigenvalue weighted by atomic mass is 35.5. The molecule has 1 aromatic heterocycles. The molecule has 0 spiro atoms. The largest absolute Gasteiger partial charge is 0.417 e. The van der Waals surface area contributed by atoms with Gasteiger partial charge in [0.2, 0.25) is 5.95 Å². The number of alkyl halides is 6. The zero-order valence-corrected chi connectivity index (χ0v) is 19.3. The Morgan fingerprint density at radius 1 is 0.972 bits per heavy atom. The minimum absolute atomic E-state index is 0.00989. The third-order valence-electron chi connectivity index (χ3n) is 4.78. The van der Waals surface area contributed by atoms with E-state index in [1.165, 1.54) is 24.5 Å². The number of benzene rings is 2. The van der Waals surface area contributed by atoms with Crippen molar-refractivity contribution in [2.75, 3.05) is 11.9 Å². The van der Waals surface area contributed by atoms with Crippen molar-refractivity contribution in [1.29, 1.82) is 0 Å². The fraction of sp³-hybridized carbons (Fsp3) is 0.174. The summed E-state index contributed by atoms with van der Waals surface area (Å²) in [7, 11) is 0. The lowest BCUT2D eigenvalue weighted by atomic mass is 9.95. The number of aromatic nitrogens is 2. The first kappa shape index (κ1) is 27.4. The van der Waals surface area contributed by atoms with Gasteiger partial charge in [-0.25, -0.2) is 14.4 Å². The molecule has 13 heteroatoms. The van der Waals surface area contributed by atoms with E-state index < -0.39 is 58.7 Å². The van der Waals surface area contributed by atoms with Crippen molar-refractivity contribution >= 4 is 40.8 Å². The van der Waals surface area contributed by atoms with Crippen LogP contribution in [0, 0.1) is 0 Å². The Bertz CT molecular complexity index is 1260. The molecule has 0 aliphatic rings. The SMILES string of the molecule is O=C(CNc1ncccn1)c1ccc(/C(F)=C/C(c2cc(Cl)cc(Cl)c2)C(F)(F)F)cc1C(F)(F)F. The molecule has 3 rings (SSSR count). The van der Waals surface area contributed by atoms with Crippen LogP contribution in [0.15, 0.2) is 60.9 Å². The molecule has 2 aromatic carbocycles. The van der Waals surface area contributed by atoms with Crippen LogP contribution in [-0.2, 0) is 6.18 Å². The Hall–Kier alpha value is -3.18. The number of carbonyl (C=O) groups excluding carboxylic acids is 1. The summed E-state index contributed by atoms with van der Waals surface area (Å²) in [6.07, 6.45) is -7.31. The number of allylic oxidation sites excluding steroid dienone is 1. The van der Waals surface area contributed by atoms with Gasteiger partial charge in [0.15, 0.2) is 5.78 Å². The molecule has 190 valence electrons. The third-order valence-corrected chi connectivity index (χ3v) is 5.22. The lowest BCUT2D eigenvalue weighted by molar-refractivity contribution is -0.140. The molecule has 0 saturated carbocycles. The topological polar surface area (TPSA) is 54.9 Å². The van der Waals surface area contributed by atoms with Gasteiger partial charge in [-0.15, -0.1) is 0 Å². The van der Waals surface area contributed by atoms with Crippen molar-refractivity contribution < 1.29 is 35.5 Å². The molecule has 0 radical (unpaired) electrons. The predicted octanol–water partition coefficient (Wildman–Crippen LogP) is 7.75. The number of carbonyl (C=O) groups is 1. The van der Waals surface area contributed by atoms with E-state index >= 15 is 0 Å². The molecule has 1 heterocycles. The summed E-state index contributed by atoms with van der Waals surface area (Å²) in [5.74, 6) is -5.18. The summed E-state index contributed by atoms with van der Waals surface area (Å²) in [6.45, 7) is -0.615. The van der Waals surface area contributed by atoms with Crippen molar-refractivity contribution in [3.05, 3.63) is 93.2 Å². The van der Waals surface area contributed by atoms with Gasteiger partial charge in [-0.05, 0) is 42.0 Å². The van der Waals surface area contributed by atoms with Crippen LogP contribution in [0.4, 0.5) is 36.7 Å². The minimum Gasteiger partial charge on any atom is -0.347 e. The van der Waals surface area contributed by atoms with Crippen molar-refractivity contribution in [3.63, 3.8) is 0 Å². The van der Waals surface area contributed by atoms with Crippen LogP contribution < -0.4 is 5.32 Å². The van der Waals surface area contributed by atoms with E-state index in [0.717, 1.165) is 18.2 Å². The average Bonchev–Trinajstić information content (AvgIpc) is 2.79. The summed E-state index contributed by atoms with van der Waals surface area (Å²) in [6, 6.07) is 6.25. The summed E-state index contributed by atoms with van der Waals surface area (Å²) >= 11 is 11.5. The zero-order valence-electron chi connectivity index (χ0n) is 17.8. The van der Waals surface area contributed by atoms with E-state index in [4.69, 9.17) is 23.2 Å². The number of rotatable bonds is 7. The third kappa shape index (κ3) is 6.94. The van der Waals surface area contributed by atoms with E-state index in [1.807, 2.05) is 0 Å². The number of Topliss-reactive ketones (excluding diaryl/α,β-unsaturated/α-hetero) is 1. The number of halogens is 9. The molecule has 0 saturated heterocycles. The lowest BCUT2D eigenvalue weighted by Crippen LogP contribution is -2.20. The molecule has 4 nitrogen and oxygen atoms in total. The fourth-order valence-electron chi connectivity index (χ4n) is 3.19. The minimum atomic E-state index is -5.10. The van der Waals surface area contributed by atoms with Crippen LogP contribution in [0.1, 0.15) is 33.0 Å². The summed E-state index contributed by atoms with van der Waals surface area (Å²) in [5.41, 5.74) is -3.64. The first-order valence-corrected chi connectivity index (χ1v) is 10.7. The van der Waals surface area contributed by atoms with Gasteiger partial charge >= 0.3 is 12.4 Å². The van der Waals surface area contributed by atoms with E-state index in [9.17, 15) is 35.5 Å². The molecule has 3 aromatic rings. The van der Waals surface area contributed by atoms with Gasteiger partial charge in [0.25, 0.3) is 0 Å². The highest BCUT2D eigenvalue weighted by Crippen LogP contribution is 2.41. The van der Waals surface area contributed by atoms with Gasteiger partial charge < -0.3 is 5.32 Å². The Labute approximate surface area is 209 Å². The predicted molar refractivity (Wildman–Crippen MR) is 121 cm³/mol. The average molecular weight is 552 g/mol. The highest BCUT2D eigenvalue weighted by molar-refractivity contribution is 6.34. The van der Waals surface area contributed by atoms with Crippen LogP contribution in [0.5, 0.6) is 0 Å². The first-order valence-electron chi connectivity index (χ1n) is 9.91. The number of nitrogens with one attached hydrogen (secondary N) is 1. The van der Waals surface area contributed by atoms with Gasteiger partial charge in [0, 0.05) is 33.6 Å². The van der Waals surface area contributed by atoms with Gasteiger partial charge in [-0.3, -0.25) is 4.79 Å². The van der Waals surface area contributed by atoms with E-state index in [1.54, 1.807) is 0 Å². The van der Waals surface area contributed by atoms with Crippen molar-refractivity contribution in [3.8, 4) is 0 Å². The number of anilines is 1. The molecule has 1 atom stereocenters. The fourth-order valence-corrected chi connectivity index (χ4v) is 3.74. The molecule has 0 aliphatic carbocycles. The summed E-state index contributed by atoms with van der Waals surface area (Å²) < 4.78 is 96.9. The lowest BCUT2D eigenvalue weighted by Gasteiger charge is -2.19. The van der Waals surface area contributed by atoms with Gasteiger partial charge in [-0.2, -0.15) is 26.3 Å². The van der Waals surface area contributed by atoms with Crippen molar-refractivity contribution in [2.45, 2.75) is 18.3 Å². The standard InChI is InChI=1S/C23H14Cl2F7N3O/c24-14-6-13(7-15(25)9-14)17(22(27,28)29)10-19(26)12-2-3-16(18(8-12)23(30,31)32)20(36)11-35-21-33-4-1-5-34-21/h1-10,17H,11H2,(H,33,34,35)/b19-10-. The Morgan fingerprint density at radius 2 is 1.58 bits per heavy atom. The summed E-state index contributed by atoms with van der Waals surface area (Å²) in [4.78, 5) is 20.0. The molecule has 0 fully saturated rings. The number of nitrogens with zero attached hydrogens (tertiary/aromatic N) is 2. The number of hydrogen-bond acceptors (Lipinski definition) is 4. The van der Waals surface area contributed by atoms with Gasteiger partial charge in [0.05, 0.1) is 12.1 Å². The molecule has 0 aliphatic heterocycles. The second-order valence-corrected chi connectivity index (χ2v) is 8.22. The van der Waals surface area contributed by atoms with E-state index in [2.05, 4.69) is 15.3 Å². The maximum atomic E-state index is 14.9. The van der Waals surface area contributed by atoms with E-state index in [-0.39, 0.29) is 28.1 Å². The molecular weight excluding hydrogens is 538 g/mol. The Balaban J connectivity index is 1.97. The van der Waals surface area contributed by atoms with Gasteiger partial charge in [0.1, 0.15) is 11.7 Å². The molecule has 0 amide bonds. The molecule has 36 heavy (non-hydrogen) atoms. The van der Waals surface area contributed by atoms with Crippen molar-refractivity contribution in [1.82, 2.24) is 9.97 Å². The second-order valence-electron chi connectivity index (χ2n) is 7.34. The Morgan fingerprint density at radius 3 is 2.14 bits per heavy atom. The monoisotopic (exact) mass is 551 g/mol. The first-order chi connectivity index (χ1) is 16.8. The molecule has 1 N–H and O–H groups in total. The molecular formula is C23H14Cl2F7N3O. The number of ketones is 1. The molecule has 0 bridgehead atoms.